The van der Waals surface area contributed by atoms with Crippen LogP contribution in [0.4, 0.5) is 0 Å². The smallest absolute Gasteiger partial charge is 0.0541 e. The molecule has 0 amide bonds. The van der Waals surface area contributed by atoms with Crippen molar-refractivity contribution in [3.8, 4) is 55.9 Å². The van der Waals surface area contributed by atoms with E-state index in [0.29, 0.717) is 0 Å². The zero-order valence-electron chi connectivity index (χ0n) is 35.4. The third kappa shape index (κ3) is 4.81. The van der Waals surface area contributed by atoms with E-state index < -0.39 is 0 Å². The molecule has 9 aromatic carbocycles. The van der Waals surface area contributed by atoms with Gasteiger partial charge in [-0.15, -0.1) is 0 Å². The predicted octanol–water partition coefficient (Wildman–Crippen LogP) is 15.8. The lowest BCUT2D eigenvalue weighted by Gasteiger charge is -2.23. The minimum atomic E-state index is -0.161. The Labute approximate surface area is 362 Å². The van der Waals surface area contributed by atoms with Crippen LogP contribution in [-0.4, -0.2) is 9.13 Å². The van der Waals surface area contributed by atoms with Gasteiger partial charge in [0.2, 0.25) is 0 Å². The van der Waals surface area contributed by atoms with Crippen molar-refractivity contribution in [3.05, 3.63) is 216 Å². The number of aromatic nitrogens is 2. The van der Waals surface area contributed by atoms with Gasteiger partial charge in [0.25, 0.3) is 0 Å². The molecule has 2 nitrogen and oxygen atoms in total. The molecule has 0 spiro atoms. The third-order valence-corrected chi connectivity index (χ3v) is 14.5. The number of hydrogen-bond donors (Lipinski definition) is 0. The summed E-state index contributed by atoms with van der Waals surface area (Å²) >= 11 is 0. The molecule has 0 saturated carbocycles. The summed E-state index contributed by atoms with van der Waals surface area (Å²) in [6, 6.07) is 72.7. The SMILES string of the molecule is CC1(C)c2cc(-c3ccc4c(c3)c3ccccc3n4-c3ccccc3)ccc2-c2ccc(-c3ccc4c(c3)c3ccccc3n4-c3ccc4c(c3)C(C)(C)c3ccccc3-4)cc21. The molecule has 62 heavy (non-hydrogen) atoms. The third-order valence-electron chi connectivity index (χ3n) is 14.5. The Balaban J connectivity index is 0.880. The van der Waals surface area contributed by atoms with Gasteiger partial charge >= 0.3 is 0 Å². The predicted molar refractivity (Wildman–Crippen MR) is 261 cm³/mol. The number of nitrogens with zero attached hydrogens (tertiary/aromatic N) is 2. The summed E-state index contributed by atoms with van der Waals surface area (Å²) < 4.78 is 4.85. The molecule has 11 aromatic rings. The lowest BCUT2D eigenvalue weighted by atomic mass is 9.80. The van der Waals surface area contributed by atoms with Crippen LogP contribution in [0.3, 0.4) is 0 Å². The average molecular weight is 793 g/mol. The summed E-state index contributed by atoms with van der Waals surface area (Å²) in [6.45, 7) is 9.52. The topological polar surface area (TPSA) is 9.86 Å². The first-order chi connectivity index (χ1) is 30.3. The first-order valence-electron chi connectivity index (χ1n) is 21.9. The molecule has 0 fully saturated rings. The molecule has 2 aromatic heterocycles. The minimum Gasteiger partial charge on any atom is -0.309 e. The largest absolute Gasteiger partial charge is 0.309 e. The molecule has 13 rings (SSSR count). The van der Waals surface area contributed by atoms with E-state index in [-0.39, 0.29) is 10.8 Å². The number of hydrogen-bond acceptors (Lipinski definition) is 0. The second-order valence-corrected chi connectivity index (χ2v) is 18.6. The Morgan fingerprint density at radius 3 is 1.27 bits per heavy atom. The van der Waals surface area contributed by atoms with Crippen molar-refractivity contribution in [3.63, 3.8) is 0 Å². The van der Waals surface area contributed by atoms with Gasteiger partial charge in [0.15, 0.2) is 0 Å². The molecule has 294 valence electrons. The number of benzene rings is 9. The Morgan fingerprint density at radius 1 is 0.274 bits per heavy atom. The molecule has 0 atom stereocenters. The van der Waals surface area contributed by atoms with Crippen molar-refractivity contribution >= 4 is 43.6 Å². The van der Waals surface area contributed by atoms with Crippen molar-refractivity contribution < 1.29 is 0 Å². The van der Waals surface area contributed by atoms with Crippen molar-refractivity contribution in [2.45, 2.75) is 38.5 Å². The quantitative estimate of drug-likeness (QED) is 0.168. The molecule has 2 aliphatic rings. The van der Waals surface area contributed by atoms with Crippen LogP contribution >= 0.6 is 0 Å². The highest BCUT2D eigenvalue weighted by Crippen LogP contribution is 2.52. The van der Waals surface area contributed by atoms with Crippen LogP contribution in [0.2, 0.25) is 0 Å². The van der Waals surface area contributed by atoms with E-state index >= 15 is 0 Å². The van der Waals surface area contributed by atoms with Crippen LogP contribution in [0.25, 0.3) is 99.5 Å². The van der Waals surface area contributed by atoms with Gasteiger partial charge in [-0.2, -0.15) is 0 Å². The second kappa shape index (κ2) is 12.6. The number of para-hydroxylation sites is 3. The van der Waals surface area contributed by atoms with Crippen molar-refractivity contribution in [1.29, 1.82) is 0 Å². The van der Waals surface area contributed by atoms with E-state index in [1.54, 1.807) is 0 Å². The second-order valence-electron chi connectivity index (χ2n) is 18.6. The van der Waals surface area contributed by atoms with Crippen LogP contribution < -0.4 is 0 Å². The average Bonchev–Trinajstić information content (AvgIpc) is 3.97. The maximum absolute atomic E-state index is 2.47. The van der Waals surface area contributed by atoms with Gasteiger partial charge in [-0.25, -0.2) is 0 Å². The van der Waals surface area contributed by atoms with E-state index in [0.717, 1.165) is 0 Å². The standard InChI is InChI=1S/C60H44N2/c1-59(2)51-19-11-8-16-43(51)46-29-26-42(36-54(46)59)62-56-21-13-10-18-48(56)50-33-38(25-31-58(50)62)40-23-28-45-44-27-22-39(34-52(44)60(3,4)53(45)35-40)37-24-30-57-49(32-37)47-17-9-12-20-55(47)61(57)41-14-6-5-7-15-41/h5-36H,1-4H3. The van der Waals surface area contributed by atoms with Gasteiger partial charge in [0.1, 0.15) is 0 Å². The molecule has 2 heteroatoms. The van der Waals surface area contributed by atoms with E-state index in [1.807, 2.05) is 0 Å². The van der Waals surface area contributed by atoms with E-state index in [9.17, 15) is 0 Å². The molecule has 0 bridgehead atoms. The molecule has 0 saturated heterocycles. The summed E-state index contributed by atoms with van der Waals surface area (Å²) in [7, 11) is 0. The fourth-order valence-electron chi connectivity index (χ4n) is 11.4. The maximum Gasteiger partial charge on any atom is 0.0541 e. The number of fused-ring (bicyclic) bond motifs is 12. The summed E-state index contributed by atoms with van der Waals surface area (Å²) in [5, 5.41) is 5.10. The van der Waals surface area contributed by atoms with Crippen LogP contribution in [0, 0.1) is 0 Å². The Kier molecular flexibility index (Phi) is 7.16. The van der Waals surface area contributed by atoms with Crippen molar-refractivity contribution in [2.24, 2.45) is 0 Å². The van der Waals surface area contributed by atoms with E-state index in [4.69, 9.17) is 0 Å². The zero-order valence-corrected chi connectivity index (χ0v) is 35.4. The molecule has 0 radical (unpaired) electrons. The number of rotatable bonds is 4. The van der Waals surface area contributed by atoms with E-state index in [1.165, 1.54) is 122 Å². The molecule has 0 N–H and O–H groups in total. The normalized spacial score (nSPS) is 14.4. The lowest BCUT2D eigenvalue weighted by molar-refractivity contribution is 0.660. The Morgan fingerprint density at radius 2 is 0.677 bits per heavy atom. The Bertz CT molecular complexity index is 3680. The fourth-order valence-corrected chi connectivity index (χ4v) is 11.4. The van der Waals surface area contributed by atoms with Crippen molar-refractivity contribution in [1.82, 2.24) is 9.13 Å². The van der Waals surface area contributed by atoms with Crippen LogP contribution in [0.15, 0.2) is 194 Å². The summed E-state index contributed by atoms with van der Waals surface area (Å²) in [4.78, 5) is 0. The van der Waals surface area contributed by atoms with Gasteiger partial charge in [0, 0.05) is 43.7 Å². The van der Waals surface area contributed by atoms with Crippen LogP contribution in [0.1, 0.15) is 49.9 Å². The highest BCUT2D eigenvalue weighted by Gasteiger charge is 2.37. The highest BCUT2D eigenvalue weighted by atomic mass is 15.0. The first-order valence-corrected chi connectivity index (χ1v) is 21.9. The zero-order chi connectivity index (χ0) is 41.5. The molecular weight excluding hydrogens is 749 g/mol. The van der Waals surface area contributed by atoms with E-state index in [2.05, 4.69) is 231 Å². The van der Waals surface area contributed by atoms with Gasteiger partial charge in [-0.05, 0) is 140 Å². The van der Waals surface area contributed by atoms with Gasteiger partial charge in [-0.1, -0.05) is 149 Å². The molecule has 0 aliphatic heterocycles. The summed E-state index contributed by atoms with van der Waals surface area (Å²) in [6.07, 6.45) is 0. The Hall–Kier alpha value is -7.42. The monoisotopic (exact) mass is 792 g/mol. The summed E-state index contributed by atoms with van der Waals surface area (Å²) in [5.41, 5.74) is 23.0. The van der Waals surface area contributed by atoms with Crippen LogP contribution in [0.5, 0.6) is 0 Å². The minimum absolute atomic E-state index is 0.0593. The highest BCUT2D eigenvalue weighted by molar-refractivity contribution is 6.12. The van der Waals surface area contributed by atoms with Crippen molar-refractivity contribution in [2.75, 3.05) is 0 Å². The molecule has 0 unspecified atom stereocenters. The van der Waals surface area contributed by atoms with Crippen LogP contribution in [-0.2, 0) is 10.8 Å². The van der Waals surface area contributed by atoms with Gasteiger partial charge in [-0.3, -0.25) is 0 Å². The maximum atomic E-state index is 2.47. The fraction of sp³-hybridized carbons (Fsp3) is 0.100. The van der Waals surface area contributed by atoms with Gasteiger partial charge in [0.05, 0.1) is 22.1 Å². The molecular formula is C60H44N2. The lowest BCUT2D eigenvalue weighted by Crippen LogP contribution is -2.15. The van der Waals surface area contributed by atoms with Gasteiger partial charge < -0.3 is 9.13 Å². The molecule has 2 heterocycles. The first kappa shape index (κ1) is 35.3. The summed E-state index contributed by atoms with van der Waals surface area (Å²) in [5.74, 6) is 0. The molecule has 2 aliphatic carbocycles.